The van der Waals surface area contributed by atoms with Crippen LogP contribution in [0.25, 0.3) is 0 Å². The van der Waals surface area contributed by atoms with Crippen molar-refractivity contribution < 1.29 is 0 Å². The first-order valence-corrected chi connectivity index (χ1v) is 7.25. The molecule has 1 aromatic carbocycles. The SMILES string of the molecule is CNCC1CC2CCC(C1)N2c1cccc(C#N)c1. The first kappa shape index (κ1) is 12.5. The van der Waals surface area contributed by atoms with Crippen LogP contribution in [-0.2, 0) is 0 Å². The van der Waals surface area contributed by atoms with E-state index in [0.29, 0.717) is 12.1 Å². The fraction of sp³-hybridized carbons (Fsp3) is 0.562. The zero-order valence-electron chi connectivity index (χ0n) is 11.5. The Kier molecular flexibility index (Phi) is 3.44. The van der Waals surface area contributed by atoms with Crippen molar-refractivity contribution in [2.45, 2.75) is 37.8 Å². The minimum absolute atomic E-state index is 0.672. The van der Waals surface area contributed by atoms with Gasteiger partial charge < -0.3 is 10.2 Å². The van der Waals surface area contributed by atoms with Crippen LogP contribution in [-0.4, -0.2) is 25.7 Å². The van der Waals surface area contributed by atoms with Gasteiger partial charge in [-0.25, -0.2) is 0 Å². The molecule has 2 saturated heterocycles. The average Bonchev–Trinajstić information content (AvgIpc) is 2.71. The maximum Gasteiger partial charge on any atom is 0.0992 e. The molecule has 0 radical (unpaired) electrons. The van der Waals surface area contributed by atoms with Crippen molar-refractivity contribution in [2.75, 3.05) is 18.5 Å². The largest absolute Gasteiger partial charge is 0.366 e. The lowest BCUT2D eigenvalue weighted by Crippen LogP contribution is -2.44. The van der Waals surface area contributed by atoms with E-state index in [2.05, 4.69) is 22.4 Å². The summed E-state index contributed by atoms with van der Waals surface area (Å²) in [5.74, 6) is 0.817. The number of anilines is 1. The third kappa shape index (κ3) is 2.33. The Bertz CT molecular complexity index is 477. The smallest absolute Gasteiger partial charge is 0.0992 e. The second kappa shape index (κ2) is 5.22. The van der Waals surface area contributed by atoms with Gasteiger partial charge in [0.1, 0.15) is 0 Å². The van der Waals surface area contributed by atoms with Gasteiger partial charge in [0.25, 0.3) is 0 Å². The van der Waals surface area contributed by atoms with Crippen LogP contribution in [0.1, 0.15) is 31.2 Å². The first-order chi connectivity index (χ1) is 9.31. The molecular weight excluding hydrogens is 234 g/mol. The van der Waals surface area contributed by atoms with Gasteiger partial charge in [-0.05, 0) is 63.4 Å². The molecule has 0 aromatic heterocycles. The Hall–Kier alpha value is -1.53. The molecule has 0 amide bonds. The molecule has 19 heavy (non-hydrogen) atoms. The molecule has 0 saturated carbocycles. The zero-order chi connectivity index (χ0) is 13.2. The second-order valence-corrected chi connectivity index (χ2v) is 5.85. The highest BCUT2D eigenvalue weighted by molar-refractivity contribution is 5.54. The summed E-state index contributed by atoms with van der Waals surface area (Å²) in [6.45, 7) is 1.14. The summed E-state index contributed by atoms with van der Waals surface area (Å²) in [6.07, 6.45) is 5.19. The molecule has 0 spiro atoms. The number of nitrogens with one attached hydrogen (secondary N) is 1. The van der Waals surface area contributed by atoms with Gasteiger partial charge in [0.2, 0.25) is 0 Å². The number of piperidine rings is 1. The first-order valence-electron chi connectivity index (χ1n) is 7.25. The van der Waals surface area contributed by atoms with Gasteiger partial charge in [-0.1, -0.05) is 6.07 Å². The fourth-order valence-corrected chi connectivity index (χ4v) is 3.90. The van der Waals surface area contributed by atoms with Crippen molar-refractivity contribution in [3.63, 3.8) is 0 Å². The third-order valence-corrected chi connectivity index (χ3v) is 4.60. The van der Waals surface area contributed by atoms with Crippen LogP contribution >= 0.6 is 0 Å². The van der Waals surface area contributed by atoms with Crippen molar-refractivity contribution in [1.82, 2.24) is 5.32 Å². The lowest BCUT2D eigenvalue weighted by molar-refractivity contribution is 0.333. The van der Waals surface area contributed by atoms with Crippen LogP contribution in [0.3, 0.4) is 0 Å². The standard InChI is InChI=1S/C16H21N3/c1-18-11-13-8-15-5-6-16(9-13)19(15)14-4-2-3-12(7-14)10-17/h2-4,7,13,15-16,18H,5-6,8-9,11H2,1H3. The van der Waals surface area contributed by atoms with E-state index in [-0.39, 0.29) is 0 Å². The van der Waals surface area contributed by atoms with Gasteiger partial charge in [-0.15, -0.1) is 0 Å². The molecule has 2 aliphatic rings. The van der Waals surface area contributed by atoms with E-state index in [0.717, 1.165) is 18.0 Å². The lowest BCUT2D eigenvalue weighted by Gasteiger charge is -2.40. The maximum atomic E-state index is 9.04. The molecule has 2 atom stereocenters. The Balaban J connectivity index is 1.81. The van der Waals surface area contributed by atoms with Gasteiger partial charge in [0.15, 0.2) is 0 Å². The van der Waals surface area contributed by atoms with Crippen LogP contribution in [0.15, 0.2) is 24.3 Å². The second-order valence-electron chi connectivity index (χ2n) is 5.85. The molecule has 2 heterocycles. The molecule has 3 heteroatoms. The lowest BCUT2D eigenvalue weighted by atomic mass is 9.90. The molecule has 2 fully saturated rings. The Morgan fingerprint density at radius 3 is 2.68 bits per heavy atom. The van der Waals surface area contributed by atoms with Gasteiger partial charge in [0.05, 0.1) is 11.6 Å². The number of fused-ring (bicyclic) bond motifs is 2. The molecular formula is C16H21N3. The monoisotopic (exact) mass is 255 g/mol. The summed E-state index contributed by atoms with van der Waals surface area (Å²) in [5, 5.41) is 12.4. The van der Waals surface area contributed by atoms with Crippen molar-refractivity contribution in [1.29, 1.82) is 5.26 Å². The molecule has 1 aromatic rings. The highest BCUT2D eigenvalue weighted by atomic mass is 15.2. The van der Waals surface area contributed by atoms with E-state index in [1.807, 2.05) is 25.2 Å². The molecule has 3 rings (SSSR count). The van der Waals surface area contributed by atoms with Crippen LogP contribution in [0.2, 0.25) is 0 Å². The van der Waals surface area contributed by atoms with Crippen molar-refractivity contribution in [2.24, 2.45) is 5.92 Å². The zero-order valence-corrected chi connectivity index (χ0v) is 11.5. The highest BCUT2D eigenvalue weighted by Crippen LogP contribution is 2.41. The van der Waals surface area contributed by atoms with Crippen LogP contribution < -0.4 is 10.2 Å². The molecule has 0 aliphatic carbocycles. The van der Waals surface area contributed by atoms with E-state index in [1.54, 1.807) is 0 Å². The third-order valence-electron chi connectivity index (χ3n) is 4.60. The van der Waals surface area contributed by atoms with Gasteiger partial charge in [-0.2, -0.15) is 5.26 Å². The molecule has 2 bridgehead atoms. The molecule has 1 N–H and O–H groups in total. The van der Waals surface area contributed by atoms with Crippen LogP contribution in [0.4, 0.5) is 5.69 Å². The summed E-state index contributed by atoms with van der Waals surface area (Å²) in [6, 6.07) is 11.7. The molecule has 2 aliphatic heterocycles. The van der Waals surface area contributed by atoms with E-state index >= 15 is 0 Å². The molecule has 3 nitrogen and oxygen atoms in total. The number of benzene rings is 1. The number of nitrogens with zero attached hydrogens (tertiary/aromatic N) is 2. The minimum atomic E-state index is 0.672. The van der Waals surface area contributed by atoms with E-state index < -0.39 is 0 Å². The Morgan fingerprint density at radius 2 is 2.05 bits per heavy atom. The normalized spacial score (nSPS) is 29.3. The summed E-state index contributed by atoms with van der Waals surface area (Å²) in [7, 11) is 2.05. The summed E-state index contributed by atoms with van der Waals surface area (Å²) >= 11 is 0. The average molecular weight is 255 g/mol. The maximum absolute atomic E-state index is 9.04. The van der Waals surface area contributed by atoms with Crippen molar-refractivity contribution in [3.05, 3.63) is 29.8 Å². The number of rotatable bonds is 3. The Morgan fingerprint density at radius 1 is 1.32 bits per heavy atom. The number of hydrogen-bond acceptors (Lipinski definition) is 3. The molecule has 100 valence electrons. The number of nitriles is 1. The quantitative estimate of drug-likeness (QED) is 0.902. The predicted octanol–water partition coefficient (Wildman–Crippen LogP) is 2.53. The predicted molar refractivity (Wildman–Crippen MR) is 77.1 cm³/mol. The summed E-state index contributed by atoms with van der Waals surface area (Å²) in [4.78, 5) is 2.58. The summed E-state index contributed by atoms with van der Waals surface area (Å²) < 4.78 is 0. The van der Waals surface area contributed by atoms with Gasteiger partial charge >= 0.3 is 0 Å². The van der Waals surface area contributed by atoms with E-state index in [9.17, 15) is 0 Å². The Labute approximate surface area is 115 Å². The topological polar surface area (TPSA) is 39.1 Å². The van der Waals surface area contributed by atoms with Crippen LogP contribution in [0.5, 0.6) is 0 Å². The van der Waals surface area contributed by atoms with Crippen LogP contribution in [0, 0.1) is 17.2 Å². The van der Waals surface area contributed by atoms with E-state index in [1.165, 1.54) is 31.4 Å². The minimum Gasteiger partial charge on any atom is -0.366 e. The van der Waals surface area contributed by atoms with Crippen molar-refractivity contribution in [3.8, 4) is 6.07 Å². The van der Waals surface area contributed by atoms with Crippen molar-refractivity contribution >= 4 is 5.69 Å². The van der Waals surface area contributed by atoms with E-state index in [4.69, 9.17) is 5.26 Å². The number of hydrogen-bond donors (Lipinski definition) is 1. The highest BCUT2D eigenvalue weighted by Gasteiger charge is 2.40. The fourth-order valence-electron chi connectivity index (χ4n) is 3.90. The summed E-state index contributed by atoms with van der Waals surface area (Å²) in [5.41, 5.74) is 2.02. The van der Waals surface area contributed by atoms with Gasteiger partial charge in [0, 0.05) is 17.8 Å². The molecule has 2 unspecified atom stereocenters. The van der Waals surface area contributed by atoms with Gasteiger partial charge in [-0.3, -0.25) is 0 Å².